The molecule has 0 saturated carbocycles. The van der Waals surface area contributed by atoms with E-state index in [1.807, 2.05) is 6.92 Å². The predicted molar refractivity (Wildman–Crippen MR) is 63.2 cm³/mol. The van der Waals surface area contributed by atoms with Gasteiger partial charge in [-0.05, 0) is 38.6 Å². The highest BCUT2D eigenvalue weighted by Gasteiger charge is 2.14. The lowest BCUT2D eigenvalue weighted by molar-refractivity contribution is -0.124. The van der Waals surface area contributed by atoms with Gasteiger partial charge in [0.05, 0.1) is 0 Å². The summed E-state index contributed by atoms with van der Waals surface area (Å²) in [4.78, 5) is 10.8. The van der Waals surface area contributed by atoms with Crippen molar-refractivity contribution in [3.05, 3.63) is 29.6 Å². The molecule has 94 valence electrons. The number of ether oxygens (including phenoxy) is 1. The summed E-state index contributed by atoms with van der Waals surface area (Å²) in [5, 5.41) is 3.01. The van der Waals surface area contributed by atoms with Crippen LogP contribution in [0.3, 0.4) is 0 Å². The van der Waals surface area contributed by atoms with Crippen molar-refractivity contribution in [2.24, 2.45) is 5.73 Å². The number of primary amides is 1. The summed E-state index contributed by atoms with van der Waals surface area (Å²) in [6.45, 7) is 3.40. The lowest BCUT2D eigenvalue weighted by Gasteiger charge is -2.15. The van der Waals surface area contributed by atoms with Crippen molar-refractivity contribution < 1.29 is 13.9 Å². The van der Waals surface area contributed by atoms with Crippen LogP contribution < -0.4 is 15.8 Å². The average molecular weight is 240 g/mol. The van der Waals surface area contributed by atoms with Crippen LogP contribution in [-0.2, 0) is 4.79 Å². The first-order chi connectivity index (χ1) is 7.95. The van der Waals surface area contributed by atoms with E-state index in [1.165, 1.54) is 19.1 Å². The molecular weight excluding hydrogens is 223 g/mol. The van der Waals surface area contributed by atoms with Crippen molar-refractivity contribution in [1.29, 1.82) is 0 Å². The maximum Gasteiger partial charge on any atom is 0.258 e. The summed E-state index contributed by atoms with van der Waals surface area (Å²) >= 11 is 0. The van der Waals surface area contributed by atoms with Crippen molar-refractivity contribution >= 4 is 5.91 Å². The number of hydrogen-bond donors (Lipinski definition) is 2. The van der Waals surface area contributed by atoms with Gasteiger partial charge in [0.1, 0.15) is 0 Å². The Balaban J connectivity index is 2.86. The van der Waals surface area contributed by atoms with Crippen molar-refractivity contribution in [2.45, 2.75) is 26.0 Å². The van der Waals surface area contributed by atoms with Crippen molar-refractivity contribution in [3.8, 4) is 5.75 Å². The number of amides is 1. The smallest absolute Gasteiger partial charge is 0.258 e. The summed E-state index contributed by atoms with van der Waals surface area (Å²) in [6, 6.07) is 4.67. The van der Waals surface area contributed by atoms with Gasteiger partial charge in [-0.3, -0.25) is 4.79 Å². The quantitative estimate of drug-likeness (QED) is 0.816. The first-order valence-electron chi connectivity index (χ1n) is 5.38. The van der Waals surface area contributed by atoms with Crippen LogP contribution in [0.2, 0.25) is 0 Å². The fourth-order valence-corrected chi connectivity index (χ4v) is 1.30. The zero-order chi connectivity index (χ0) is 13.0. The van der Waals surface area contributed by atoms with E-state index in [4.69, 9.17) is 10.5 Å². The number of carbonyl (C=O) groups is 1. The number of hydrogen-bond acceptors (Lipinski definition) is 3. The molecule has 0 aliphatic rings. The van der Waals surface area contributed by atoms with Crippen LogP contribution in [0.15, 0.2) is 18.2 Å². The maximum absolute atomic E-state index is 13.7. The molecule has 0 spiro atoms. The molecule has 0 radical (unpaired) electrons. The number of halogens is 1. The van der Waals surface area contributed by atoms with Gasteiger partial charge in [0, 0.05) is 6.04 Å². The SMILES string of the molecule is CNC(C)c1ccc(OC(C)C(N)=O)c(F)c1. The number of carbonyl (C=O) groups excluding carboxylic acids is 1. The highest BCUT2D eigenvalue weighted by atomic mass is 19.1. The molecule has 0 aliphatic carbocycles. The van der Waals surface area contributed by atoms with Gasteiger partial charge >= 0.3 is 0 Å². The Morgan fingerprint density at radius 2 is 2.12 bits per heavy atom. The Morgan fingerprint density at radius 1 is 1.47 bits per heavy atom. The normalized spacial score (nSPS) is 14.1. The Kier molecular flexibility index (Phi) is 4.45. The second-order valence-corrected chi connectivity index (χ2v) is 3.86. The zero-order valence-corrected chi connectivity index (χ0v) is 10.2. The molecule has 2 atom stereocenters. The second-order valence-electron chi connectivity index (χ2n) is 3.86. The molecular formula is C12H17FN2O2. The van der Waals surface area contributed by atoms with E-state index < -0.39 is 17.8 Å². The van der Waals surface area contributed by atoms with Gasteiger partial charge in [0.25, 0.3) is 5.91 Å². The minimum atomic E-state index is -0.850. The second kappa shape index (κ2) is 5.63. The van der Waals surface area contributed by atoms with Crippen LogP contribution in [0.5, 0.6) is 5.75 Å². The number of benzene rings is 1. The molecule has 1 rings (SSSR count). The van der Waals surface area contributed by atoms with Crippen molar-refractivity contribution in [3.63, 3.8) is 0 Å². The number of rotatable bonds is 5. The van der Waals surface area contributed by atoms with Gasteiger partial charge in [-0.15, -0.1) is 0 Å². The monoisotopic (exact) mass is 240 g/mol. The molecule has 2 unspecified atom stereocenters. The Morgan fingerprint density at radius 3 is 2.59 bits per heavy atom. The van der Waals surface area contributed by atoms with E-state index in [-0.39, 0.29) is 11.8 Å². The predicted octanol–water partition coefficient (Wildman–Crippen LogP) is 1.36. The minimum absolute atomic E-state index is 0.0309. The fraction of sp³-hybridized carbons (Fsp3) is 0.417. The van der Waals surface area contributed by atoms with Crippen LogP contribution in [0.25, 0.3) is 0 Å². The third-order valence-corrected chi connectivity index (χ3v) is 2.59. The molecule has 3 N–H and O–H groups in total. The summed E-state index contributed by atoms with van der Waals surface area (Å²) in [5.41, 5.74) is 5.85. The summed E-state index contributed by atoms with van der Waals surface area (Å²) < 4.78 is 18.8. The summed E-state index contributed by atoms with van der Waals surface area (Å²) in [6.07, 6.45) is -0.850. The van der Waals surface area contributed by atoms with Crippen LogP contribution in [0.1, 0.15) is 25.5 Å². The van der Waals surface area contributed by atoms with Crippen molar-refractivity contribution in [2.75, 3.05) is 7.05 Å². The fourth-order valence-electron chi connectivity index (χ4n) is 1.30. The summed E-state index contributed by atoms with van der Waals surface area (Å²) in [5.74, 6) is -1.10. The lowest BCUT2D eigenvalue weighted by Crippen LogP contribution is -2.30. The van der Waals surface area contributed by atoms with E-state index in [0.29, 0.717) is 0 Å². The molecule has 1 aromatic rings. The Bertz CT molecular complexity index is 409. The van der Waals surface area contributed by atoms with Gasteiger partial charge in [-0.1, -0.05) is 6.07 Å². The molecule has 5 heteroatoms. The van der Waals surface area contributed by atoms with Gasteiger partial charge in [-0.2, -0.15) is 0 Å². The average Bonchev–Trinajstić information content (AvgIpc) is 2.30. The zero-order valence-electron chi connectivity index (χ0n) is 10.2. The summed E-state index contributed by atoms with van der Waals surface area (Å²) in [7, 11) is 1.79. The van der Waals surface area contributed by atoms with E-state index in [9.17, 15) is 9.18 Å². The van der Waals surface area contributed by atoms with Gasteiger partial charge in [-0.25, -0.2) is 4.39 Å². The topological polar surface area (TPSA) is 64.3 Å². The van der Waals surface area contributed by atoms with Crippen LogP contribution in [-0.4, -0.2) is 19.1 Å². The molecule has 4 nitrogen and oxygen atoms in total. The molecule has 0 aromatic heterocycles. The van der Waals surface area contributed by atoms with E-state index >= 15 is 0 Å². The van der Waals surface area contributed by atoms with Gasteiger partial charge < -0.3 is 15.8 Å². The van der Waals surface area contributed by atoms with Gasteiger partial charge in [0.2, 0.25) is 0 Å². The van der Waals surface area contributed by atoms with Gasteiger partial charge in [0.15, 0.2) is 17.7 Å². The molecule has 0 heterocycles. The van der Waals surface area contributed by atoms with Crippen LogP contribution in [0.4, 0.5) is 4.39 Å². The molecule has 17 heavy (non-hydrogen) atoms. The van der Waals surface area contributed by atoms with E-state index in [2.05, 4.69) is 5.32 Å². The van der Waals surface area contributed by atoms with E-state index in [1.54, 1.807) is 13.1 Å². The number of nitrogens with two attached hydrogens (primary N) is 1. The largest absolute Gasteiger partial charge is 0.478 e. The highest BCUT2D eigenvalue weighted by molar-refractivity contribution is 5.78. The first kappa shape index (κ1) is 13.4. The first-order valence-corrected chi connectivity index (χ1v) is 5.38. The molecule has 0 aliphatic heterocycles. The molecule has 0 bridgehead atoms. The highest BCUT2D eigenvalue weighted by Crippen LogP contribution is 2.22. The number of nitrogens with one attached hydrogen (secondary N) is 1. The van der Waals surface area contributed by atoms with E-state index in [0.717, 1.165) is 5.56 Å². The maximum atomic E-state index is 13.7. The molecule has 0 fully saturated rings. The Hall–Kier alpha value is -1.62. The Labute approximate surface area is 100.0 Å². The third-order valence-electron chi connectivity index (χ3n) is 2.59. The molecule has 1 amide bonds. The van der Waals surface area contributed by atoms with Crippen molar-refractivity contribution in [1.82, 2.24) is 5.32 Å². The lowest BCUT2D eigenvalue weighted by atomic mass is 10.1. The molecule has 0 saturated heterocycles. The minimum Gasteiger partial charge on any atom is -0.478 e. The standard InChI is InChI=1S/C12H17FN2O2/c1-7(15-3)9-4-5-11(10(13)6-9)17-8(2)12(14)16/h4-8,15H,1-3H3,(H2,14,16). The molecule has 1 aromatic carbocycles. The van der Waals surface area contributed by atoms with Crippen LogP contribution >= 0.6 is 0 Å². The third kappa shape index (κ3) is 3.42. The van der Waals surface area contributed by atoms with Crippen LogP contribution in [0, 0.1) is 5.82 Å².